The fourth-order valence-electron chi connectivity index (χ4n) is 4.27. The molecule has 0 aromatic heterocycles. The van der Waals surface area contributed by atoms with E-state index in [-0.39, 0.29) is 24.9 Å². The van der Waals surface area contributed by atoms with E-state index in [9.17, 15) is 22.8 Å². The lowest BCUT2D eigenvalue weighted by atomic mass is 10.0. The smallest absolute Gasteiger partial charge is 0.324 e. The number of carbonyl (C=O) groups excluding carboxylic acids is 2. The fourth-order valence-corrected chi connectivity index (χ4v) is 4.27. The number of anilines is 2. The van der Waals surface area contributed by atoms with Crippen molar-refractivity contribution in [2.24, 2.45) is 5.92 Å². The molecule has 0 spiro atoms. The lowest BCUT2D eigenvalue weighted by Gasteiger charge is -2.41. The Labute approximate surface area is 197 Å². The van der Waals surface area contributed by atoms with Crippen molar-refractivity contribution in [3.63, 3.8) is 0 Å². The molecule has 2 aromatic carbocycles. The SMILES string of the molecule is CCC(CC)C(=O)Nc1ccc(N2CCN(Cc3cc(F)cc(F)c3)C(C(=O)OC)C2)c(F)c1. The van der Waals surface area contributed by atoms with Gasteiger partial charge in [-0.25, -0.2) is 13.2 Å². The molecular formula is C25H30F3N3O3. The standard InChI is InChI=1S/C25H30F3N3O3/c1-4-17(5-2)24(32)29-20-6-7-22(21(28)13-20)31-9-8-30(23(15-31)25(33)34-3)14-16-10-18(26)12-19(27)11-16/h6-7,10-13,17,23H,4-5,8-9,14-15H2,1-3H3,(H,29,32). The van der Waals surface area contributed by atoms with Gasteiger partial charge in [-0.05, 0) is 48.7 Å². The first-order valence-corrected chi connectivity index (χ1v) is 11.4. The minimum atomic E-state index is -0.751. The minimum Gasteiger partial charge on any atom is -0.468 e. The van der Waals surface area contributed by atoms with Crippen LogP contribution in [0.3, 0.4) is 0 Å². The molecule has 1 saturated heterocycles. The largest absolute Gasteiger partial charge is 0.468 e. The van der Waals surface area contributed by atoms with Crippen LogP contribution in [-0.4, -0.2) is 49.6 Å². The van der Waals surface area contributed by atoms with Crippen LogP contribution in [-0.2, 0) is 20.9 Å². The molecule has 6 nitrogen and oxygen atoms in total. The molecule has 1 unspecified atom stereocenters. The summed E-state index contributed by atoms with van der Waals surface area (Å²) in [7, 11) is 1.26. The summed E-state index contributed by atoms with van der Waals surface area (Å²) in [5.74, 6) is -2.71. The molecule has 9 heteroatoms. The van der Waals surface area contributed by atoms with Crippen LogP contribution in [0.2, 0.25) is 0 Å². The van der Waals surface area contributed by atoms with E-state index in [1.54, 1.807) is 21.9 Å². The molecule has 0 radical (unpaired) electrons. The number of benzene rings is 2. The number of carbonyl (C=O) groups is 2. The van der Waals surface area contributed by atoms with E-state index in [1.807, 2.05) is 13.8 Å². The molecule has 1 N–H and O–H groups in total. The van der Waals surface area contributed by atoms with Gasteiger partial charge in [-0.1, -0.05) is 13.8 Å². The van der Waals surface area contributed by atoms with E-state index in [1.165, 1.54) is 25.3 Å². The number of rotatable bonds is 8. The Morgan fingerprint density at radius 2 is 1.74 bits per heavy atom. The summed E-state index contributed by atoms with van der Waals surface area (Å²) in [4.78, 5) is 28.3. The van der Waals surface area contributed by atoms with Crippen molar-refractivity contribution in [3.05, 3.63) is 59.4 Å². The minimum absolute atomic E-state index is 0.136. The third-order valence-electron chi connectivity index (χ3n) is 6.18. The maximum absolute atomic E-state index is 15.0. The lowest BCUT2D eigenvalue weighted by Crippen LogP contribution is -2.56. The molecule has 0 saturated carbocycles. The van der Waals surface area contributed by atoms with Gasteiger partial charge in [-0.2, -0.15) is 0 Å². The third-order valence-corrected chi connectivity index (χ3v) is 6.18. The maximum Gasteiger partial charge on any atom is 0.324 e. The number of methoxy groups -OCH3 is 1. The molecular weight excluding hydrogens is 447 g/mol. The number of halogens is 3. The highest BCUT2D eigenvalue weighted by molar-refractivity contribution is 5.92. The summed E-state index contributed by atoms with van der Waals surface area (Å²) in [6.07, 6.45) is 1.40. The molecule has 0 aliphatic carbocycles. The van der Waals surface area contributed by atoms with Crippen LogP contribution < -0.4 is 10.2 Å². The molecule has 34 heavy (non-hydrogen) atoms. The highest BCUT2D eigenvalue weighted by Gasteiger charge is 2.34. The average Bonchev–Trinajstić information content (AvgIpc) is 2.79. The molecule has 1 aliphatic rings. The van der Waals surface area contributed by atoms with Gasteiger partial charge in [0.1, 0.15) is 23.5 Å². The highest BCUT2D eigenvalue weighted by Crippen LogP contribution is 2.27. The second-order valence-corrected chi connectivity index (χ2v) is 8.40. The molecule has 1 aliphatic heterocycles. The van der Waals surface area contributed by atoms with Gasteiger partial charge in [0.15, 0.2) is 0 Å². The van der Waals surface area contributed by atoms with Gasteiger partial charge < -0.3 is 15.0 Å². The predicted molar refractivity (Wildman–Crippen MR) is 124 cm³/mol. The monoisotopic (exact) mass is 477 g/mol. The van der Waals surface area contributed by atoms with Gasteiger partial charge >= 0.3 is 5.97 Å². The topological polar surface area (TPSA) is 61.9 Å². The van der Waals surface area contributed by atoms with Crippen LogP contribution in [0.15, 0.2) is 36.4 Å². The Bertz CT molecular complexity index is 1010. The van der Waals surface area contributed by atoms with Crippen LogP contribution in [0.5, 0.6) is 0 Å². The van der Waals surface area contributed by atoms with Crippen molar-refractivity contribution < 1.29 is 27.5 Å². The zero-order valence-corrected chi connectivity index (χ0v) is 19.6. The Balaban J connectivity index is 1.75. The first kappa shape index (κ1) is 25.6. The van der Waals surface area contributed by atoms with Crippen LogP contribution in [0.4, 0.5) is 24.5 Å². The van der Waals surface area contributed by atoms with Crippen molar-refractivity contribution in [3.8, 4) is 0 Å². The van der Waals surface area contributed by atoms with Crippen molar-refractivity contribution in [1.29, 1.82) is 0 Å². The van der Waals surface area contributed by atoms with E-state index in [0.717, 1.165) is 6.07 Å². The van der Waals surface area contributed by atoms with Crippen molar-refractivity contribution in [2.75, 3.05) is 37.0 Å². The summed E-state index contributed by atoms with van der Waals surface area (Å²) in [6.45, 7) is 4.89. The number of ether oxygens (including phenoxy) is 1. The maximum atomic E-state index is 15.0. The molecule has 3 rings (SSSR count). The van der Waals surface area contributed by atoms with Crippen molar-refractivity contribution in [1.82, 2.24) is 4.90 Å². The summed E-state index contributed by atoms with van der Waals surface area (Å²) < 4.78 is 47.1. The molecule has 184 valence electrons. The number of hydrogen-bond acceptors (Lipinski definition) is 5. The molecule has 1 atom stereocenters. The Kier molecular flexibility index (Phi) is 8.55. The Morgan fingerprint density at radius 3 is 2.32 bits per heavy atom. The fraction of sp³-hybridized carbons (Fsp3) is 0.440. The van der Waals surface area contributed by atoms with E-state index in [2.05, 4.69) is 5.32 Å². The number of esters is 1. The number of nitrogens with zero attached hydrogens (tertiary/aromatic N) is 2. The molecule has 1 heterocycles. The van der Waals surface area contributed by atoms with Gasteiger partial charge in [0, 0.05) is 43.9 Å². The quantitative estimate of drug-likeness (QED) is 0.573. The normalized spacial score (nSPS) is 16.6. The predicted octanol–water partition coefficient (Wildman–Crippen LogP) is 4.34. The summed E-state index contributed by atoms with van der Waals surface area (Å²) in [5.41, 5.74) is 1.06. The second-order valence-electron chi connectivity index (χ2n) is 8.40. The van der Waals surface area contributed by atoms with E-state index in [0.29, 0.717) is 42.9 Å². The van der Waals surface area contributed by atoms with Gasteiger partial charge in [0.25, 0.3) is 0 Å². The number of nitrogens with one attached hydrogen (secondary N) is 1. The van der Waals surface area contributed by atoms with E-state index >= 15 is 0 Å². The number of hydrogen-bond donors (Lipinski definition) is 1. The van der Waals surface area contributed by atoms with Gasteiger partial charge in [0.2, 0.25) is 5.91 Å². The average molecular weight is 478 g/mol. The van der Waals surface area contributed by atoms with Crippen molar-refractivity contribution >= 4 is 23.3 Å². The zero-order valence-electron chi connectivity index (χ0n) is 19.6. The Morgan fingerprint density at radius 1 is 1.06 bits per heavy atom. The van der Waals surface area contributed by atoms with Crippen LogP contribution >= 0.6 is 0 Å². The van der Waals surface area contributed by atoms with Gasteiger partial charge in [-0.15, -0.1) is 0 Å². The summed E-state index contributed by atoms with van der Waals surface area (Å²) in [6, 6.07) is 6.95. The molecule has 1 amide bonds. The summed E-state index contributed by atoms with van der Waals surface area (Å²) >= 11 is 0. The van der Waals surface area contributed by atoms with E-state index < -0.39 is 29.5 Å². The molecule has 1 fully saturated rings. The van der Waals surface area contributed by atoms with Crippen LogP contribution in [0.25, 0.3) is 0 Å². The number of piperazine rings is 1. The first-order chi connectivity index (χ1) is 16.2. The summed E-state index contributed by atoms with van der Waals surface area (Å²) in [5, 5.41) is 2.75. The lowest BCUT2D eigenvalue weighted by molar-refractivity contribution is -0.147. The van der Waals surface area contributed by atoms with Crippen LogP contribution in [0, 0.1) is 23.4 Å². The van der Waals surface area contributed by atoms with Crippen LogP contribution in [0.1, 0.15) is 32.3 Å². The molecule has 0 bridgehead atoms. The highest BCUT2D eigenvalue weighted by atomic mass is 19.1. The first-order valence-electron chi connectivity index (χ1n) is 11.4. The van der Waals surface area contributed by atoms with E-state index in [4.69, 9.17) is 4.74 Å². The second kappa shape index (κ2) is 11.4. The third kappa shape index (κ3) is 6.08. The van der Waals surface area contributed by atoms with Crippen molar-refractivity contribution in [2.45, 2.75) is 39.3 Å². The van der Waals surface area contributed by atoms with Gasteiger partial charge in [-0.3, -0.25) is 14.5 Å². The Hall–Kier alpha value is -3.07. The zero-order chi connectivity index (χ0) is 24.8. The number of amides is 1. The molecule has 2 aromatic rings. The van der Waals surface area contributed by atoms with Gasteiger partial charge in [0.05, 0.1) is 12.8 Å².